The van der Waals surface area contributed by atoms with Crippen LogP contribution in [0.3, 0.4) is 0 Å². The van der Waals surface area contributed by atoms with Gasteiger partial charge in [-0.3, -0.25) is 0 Å². The highest BCUT2D eigenvalue weighted by molar-refractivity contribution is 7.12. The van der Waals surface area contributed by atoms with E-state index >= 15 is 0 Å². The maximum atomic E-state index is 5.52. The van der Waals surface area contributed by atoms with Gasteiger partial charge in [-0.05, 0) is 19.9 Å². The van der Waals surface area contributed by atoms with Crippen molar-refractivity contribution in [2.45, 2.75) is 13.3 Å². The van der Waals surface area contributed by atoms with Crippen LogP contribution in [0.5, 0.6) is 5.19 Å². The second-order valence-corrected chi connectivity index (χ2v) is 4.40. The highest BCUT2D eigenvalue weighted by atomic mass is 32.1. The molecule has 0 bridgehead atoms. The van der Waals surface area contributed by atoms with Crippen LogP contribution in [0.4, 0.5) is 0 Å². The fourth-order valence-electron chi connectivity index (χ4n) is 1.38. The number of rotatable bonds is 3. The molecule has 1 N–H and O–H groups in total. The van der Waals surface area contributed by atoms with Crippen molar-refractivity contribution in [3.8, 4) is 5.19 Å². The van der Waals surface area contributed by atoms with Crippen LogP contribution < -0.4 is 10.1 Å². The van der Waals surface area contributed by atoms with Crippen molar-refractivity contribution in [1.82, 2.24) is 15.5 Å². The standard InChI is InChI=1S/C8H13N3OS/c1-6-10-11-8(13-6)12-5-7-2-3-9-4-7/h7,9H,2-5H2,1H3. The van der Waals surface area contributed by atoms with Gasteiger partial charge in [0.2, 0.25) is 0 Å². The summed E-state index contributed by atoms with van der Waals surface area (Å²) in [5, 5.41) is 12.7. The summed E-state index contributed by atoms with van der Waals surface area (Å²) in [6.45, 7) is 4.88. The molecular weight excluding hydrogens is 186 g/mol. The SMILES string of the molecule is Cc1nnc(OCC2CCNC2)s1. The molecule has 1 atom stereocenters. The van der Waals surface area contributed by atoms with Crippen molar-refractivity contribution in [2.75, 3.05) is 19.7 Å². The van der Waals surface area contributed by atoms with Gasteiger partial charge >= 0.3 is 0 Å². The number of nitrogens with one attached hydrogen (secondary N) is 1. The van der Waals surface area contributed by atoms with E-state index in [2.05, 4.69) is 15.5 Å². The second-order valence-electron chi connectivity index (χ2n) is 3.26. The molecule has 0 saturated carbocycles. The van der Waals surface area contributed by atoms with Crippen molar-refractivity contribution in [3.63, 3.8) is 0 Å². The summed E-state index contributed by atoms with van der Waals surface area (Å²) in [6.07, 6.45) is 1.21. The van der Waals surface area contributed by atoms with Crippen LogP contribution in [0.1, 0.15) is 11.4 Å². The van der Waals surface area contributed by atoms with E-state index in [1.165, 1.54) is 17.8 Å². The molecule has 1 aromatic heterocycles. The molecule has 0 radical (unpaired) electrons. The van der Waals surface area contributed by atoms with E-state index < -0.39 is 0 Å². The van der Waals surface area contributed by atoms with Crippen LogP contribution in [0.25, 0.3) is 0 Å². The zero-order chi connectivity index (χ0) is 9.10. The van der Waals surface area contributed by atoms with Crippen LogP contribution >= 0.6 is 11.3 Å². The summed E-state index contributed by atoms with van der Waals surface area (Å²) in [4.78, 5) is 0. The maximum absolute atomic E-state index is 5.52. The molecular formula is C8H13N3OS. The van der Waals surface area contributed by atoms with Gasteiger partial charge in [0.05, 0.1) is 6.61 Å². The molecule has 1 saturated heterocycles. The molecule has 2 rings (SSSR count). The zero-order valence-electron chi connectivity index (χ0n) is 7.62. The van der Waals surface area contributed by atoms with Crippen molar-refractivity contribution < 1.29 is 4.74 Å². The van der Waals surface area contributed by atoms with Gasteiger partial charge in [-0.2, -0.15) is 0 Å². The molecule has 5 heteroatoms. The number of ether oxygens (including phenoxy) is 1. The first kappa shape index (κ1) is 8.90. The third-order valence-corrected chi connectivity index (χ3v) is 2.86. The van der Waals surface area contributed by atoms with Crippen molar-refractivity contribution in [2.24, 2.45) is 5.92 Å². The second kappa shape index (κ2) is 4.02. The Labute approximate surface area is 81.3 Å². The van der Waals surface area contributed by atoms with Gasteiger partial charge in [-0.25, -0.2) is 0 Å². The van der Waals surface area contributed by atoms with Crippen LogP contribution in [0.2, 0.25) is 0 Å². The van der Waals surface area contributed by atoms with Gasteiger partial charge in [0.25, 0.3) is 5.19 Å². The highest BCUT2D eigenvalue weighted by Crippen LogP contribution is 2.18. The molecule has 13 heavy (non-hydrogen) atoms. The predicted octanol–water partition coefficient (Wildman–Crippen LogP) is 0.835. The topological polar surface area (TPSA) is 47.0 Å². The molecule has 72 valence electrons. The van der Waals surface area contributed by atoms with Gasteiger partial charge in [-0.15, -0.1) is 10.2 Å². The van der Waals surface area contributed by atoms with Crippen molar-refractivity contribution in [3.05, 3.63) is 5.01 Å². The third-order valence-electron chi connectivity index (χ3n) is 2.11. The maximum Gasteiger partial charge on any atom is 0.294 e. The van der Waals surface area contributed by atoms with E-state index in [0.29, 0.717) is 11.1 Å². The van der Waals surface area contributed by atoms with Crippen LogP contribution in [0, 0.1) is 12.8 Å². The van der Waals surface area contributed by atoms with Crippen molar-refractivity contribution >= 4 is 11.3 Å². The van der Waals surface area contributed by atoms with E-state index in [1.807, 2.05) is 6.92 Å². The minimum absolute atomic E-state index is 0.643. The van der Waals surface area contributed by atoms with Gasteiger partial charge in [-0.1, -0.05) is 11.3 Å². The highest BCUT2D eigenvalue weighted by Gasteiger charge is 2.15. The molecule has 4 nitrogen and oxygen atoms in total. The quantitative estimate of drug-likeness (QED) is 0.783. The number of aromatic nitrogens is 2. The van der Waals surface area contributed by atoms with Crippen LogP contribution in [-0.4, -0.2) is 29.9 Å². The molecule has 0 amide bonds. The molecule has 0 aromatic carbocycles. The Morgan fingerprint density at radius 3 is 3.15 bits per heavy atom. The lowest BCUT2D eigenvalue weighted by atomic mass is 10.1. The monoisotopic (exact) mass is 199 g/mol. The van der Waals surface area contributed by atoms with Gasteiger partial charge < -0.3 is 10.1 Å². The van der Waals surface area contributed by atoms with E-state index in [0.717, 1.165) is 24.7 Å². The normalized spacial score (nSPS) is 22.1. The average molecular weight is 199 g/mol. The Morgan fingerprint density at radius 2 is 2.54 bits per heavy atom. The van der Waals surface area contributed by atoms with E-state index in [4.69, 9.17) is 4.74 Å². The first-order valence-electron chi connectivity index (χ1n) is 4.48. The van der Waals surface area contributed by atoms with Crippen LogP contribution in [0.15, 0.2) is 0 Å². The summed E-state index contributed by atoms with van der Waals surface area (Å²) in [6, 6.07) is 0. The summed E-state index contributed by atoms with van der Waals surface area (Å²) in [7, 11) is 0. The summed E-state index contributed by atoms with van der Waals surface area (Å²) >= 11 is 1.51. The minimum Gasteiger partial charge on any atom is -0.469 e. The lowest BCUT2D eigenvalue weighted by Gasteiger charge is -2.06. The lowest BCUT2D eigenvalue weighted by molar-refractivity contribution is 0.257. The number of aryl methyl sites for hydroxylation is 1. The Hall–Kier alpha value is -0.680. The fourth-order valence-corrected chi connectivity index (χ4v) is 1.93. The number of nitrogens with zero attached hydrogens (tertiary/aromatic N) is 2. The summed E-state index contributed by atoms with van der Waals surface area (Å²) in [5.41, 5.74) is 0. The molecule has 1 aliphatic rings. The van der Waals surface area contributed by atoms with E-state index in [1.54, 1.807) is 0 Å². The Balaban J connectivity index is 1.78. The van der Waals surface area contributed by atoms with Crippen LogP contribution in [-0.2, 0) is 0 Å². The van der Waals surface area contributed by atoms with E-state index in [9.17, 15) is 0 Å². The average Bonchev–Trinajstić information content (AvgIpc) is 2.71. The molecule has 2 heterocycles. The molecule has 1 fully saturated rings. The first-order chi connectivity index (χ1) is 6.34. The summed E-state index contributed by atoms with van der Waals surface area (Å²) < 4.78 is 5.52. The van der Waals surface area contributed by atoms with Gasteiger partial charge in [0.15, 0.2) is 0 Å². The Bertz CT molecular complexity index is 270. The van der Waals surface area contributed by atoms with E-state index in [-0.39, 0.29) is 0 Å². The molecule has 0 spiro atoms. The Morgan fingerprint density at radius 1 is 1.62 bits per heavy atom. The Kier molecular flexibility index (Phi) is 2.75. The minimum atomic E-state index is 0.643. The third kappa shape index (κ3) is 2.38. The molecule has 0 aliphatic carbocycles. The number of hydrogen-bond acceptors (Lipinski definition) is 5. The molecule has 1 aliphatic heterocycles. The fraction of sp³-hybridized carbons (Fsp3) is 0.750. The zero-order valence-corrected chi connectivity index (χ0v) is 8.43. The van der Waals surface area contributed by atoms with Gasteiger partial charge in [0.1, 0.15) is 5.01 Å². The first-order valence-corrected chi connectivity index (χ1v) is 5.30. The molecule has 1 aromatic rings. The van der Waals surface area contributed by atoms with Crippen molar-refractivity contribution in [1.29, 1.82) is 0 Å². The molecule has 1 unspecified atom stereocenters. The predicted molar refractivity (Wildman–Crippen MR) is 51.1 cm³/mol. The largest absolute Gasteiger partial charge is 0.469 e. The van der Waals surface area contributed by atoms with Gasteiger partial charge in [0, 0.05) is 12.5 Å². The summed E-state index contributed by atoms with van der Waals surface area (Å²) in [5.74, 6) is 0.643. The smallest absolute Gasteiger partial charge is 0.294 e. The number of hydrogen-bond donors (Lipinski definition) is 1. The lowest BCUT2D eigenvalue weighted by Crippen LogP contribution is -2.15.